The van der Waals surface area contributed by atoms with Crippen LogP contribution in [0.15, 0.2) is 0 Å². The number of ether oxygens (including phenoxy) is 3. The molecule has 0 radical (unpaired) electrons. The van der Waals surface area contributed by atoms with Gasteiger partial charge in [0.05, 0.1) is 18.6 Å². The van der Waals surface area contributed by atoms with E-state index in [1.54, 1.807) is 13.8 Å². The fourth-order valence-electron chi connectivity index (χ4n) is 2.17. The van der Waals surface area contributed by atoms with Crippen LogP contribution in [0.5, 0.6) is 0 Å². The van der Waals surface area contributed by atoms with Crippen molar-refractivity contribution in [2.75, 3.05) is 6.50 Å². The van der Waals surface area contributed by atoms with Crippen molar-refractivity contribution in [2.24, 2.45) is 5.73 Å². The van der Waals surface area contributed by atoms with Gasteiger partial charge < -0.3 is 19.9 Å². The predicted molar refractivity (Wildman–Crippen MR) is 72.6 cm³/mol. The summed E-state index contributed by atoms with van der Waals surface area (Å²) < 4.78 is 31.6. The summed E-state index contributed by atoms with van der Waals surface area (Å²) in [4.78, 5) is 11.9. The first-order valence-corrected chi connectivity index (χ1v) is 6.62. The highest BCUT2D eigenvalue weighted by Gasteiger charge is 2.36. The van der Waals surface area contributed by atoms with Crippen molar-refractivity contribution in [2.45, 2.75) is 77.5 Å². The minimum atomic E-state index is -1.81. The molecule has 1 aliphatic rings. The molecular formula is C14H27NO4. The minimum absolute atomic E-state index is 0.0601. The lowest BCUT2D eigenvalue weighted by molar-refractivity contribution is -0.300. The summed E-state index contributed by atoms with van der Waals surface area (Å²) >= 11 is 0. The number of nitrogens with two attached hydrogens (primary N) is 1. The molecule has 2 atom stereocenters. The van der Waals surface area contributed by atoms with Crippen LogP contribution < -0.4 is 5.73 Å². The van der Waals surface area contributed by atoms with Crippen molar-refractivity contribution in [3.63, 3.8) is 0 Å². The third kappa shape index (κ3) is 6.36. The first kappa shape index (κ1) is 13.3. The molecular weight excluding hydrogens is 246 g/mol. The first-order valence-electron chi connectivity index (χ1n) is 7.62. The van der Waals surface area contributed by atoms with Gasteiger partial charge in [-0.05, 0) is 47.5 Å². The number of carbonyl (C=O) groups excluding carboxylic acids is 1. The maximum atomic E-state index is 11.9. The third-order valence-corrected chi connectivity index (χ3v) is 2.59. The maximum absolute atomic E-state index is 11.9. The van der Waals surface area contributed by atoms with E-state index in [0.29, 0.717) is 6.42 Å². The average Bonchev–Trinajstić information content (AvgIpc) is 2.06. The fraction of sp³-hybridized carbons (Fsp3) is 0.929. The Balaban J connectivity index is 2.63. The van der Waals surface area contributed by atoms with E-state index in [-0.39, 0.29) is 31.0 Å². The van der Waals surface area contributed by atoms with Crippen LogP contribution in [-0.2, 0) is 19.0 Å². The van der Waals surface area contributed by atoms with Gasteiger partial charge in [-0.25, -0.2) is 0 Å². The Morgan fingerprint density at radius 3 is 2.53 bits per heavy atom. The van der Waals surface area contributed by atoms with Crippen molar-refractivity contribution in [1.29, 1.82) is 0 Å². The molecule has 1 fully saturated rings. The van der Waals surface area contributed by atoms with Gasteiger partial charge in [0, 0.05) is 9.16 Å². The maximum Gasteiger partial charge on any atom is 0.308 e. The van der Waals surface area contributed by atoms with E-state index in [9.17, 15) is 4.79 Å². The van der Waals surface area contributed by atoms with Gasteiger partial charge in [-0.15, -0.1) is 0 Å². The average molecular weight is 275 g/mol. The molecule has 0 spiro atoms. The molecule has 0 aliphatic carbocycles. The van der Waals surface area contributed by atoms with Gasteiger partial charge in [-0.3, -0.25) is 4.79 Å². The van der Waals surface area contributed by atoms with Gasteiger partial charge in [0.15, 0.2) is 5.79 Å². The molecule has 112 valence electrons. The summed E-state index contributed by atoms with van der Waals surface area (Å²) in [7, 11) is 0. The second kappa shape index (κ2) is 6.20. The van der Waals surface area contributed by atoms with Gasteiger partial charge in [0.2, 0.25) is 0 Å². The van der Waals surface area contributed by atoms with Gasteiger partial charge >= 0.3 is 5.97 Å². The van der Waals surface area contributed by atoms with E-state index in [1.165, 1.54) is 0 Å². The van der Waals surface area contributed by atoms with Crippen LogP contribution in [0, 0.1) is 0 Å². The second-order valence-corrected chi connectivity index (χ2v) is 6.31. The van der Waals surface area contributed by atoms with Crippen LogP contribution in [0.25, 0.3) is 0 Å². The van der Waals surface area contributed by atoms with E-state index in [4.69, 9.17) is 22.7 Å². The Labute approximate surface area is 118 Å². The molecule has 0 aromatic carbocycles. The lowest BCUT2D eigenvalue weighted by Crippen LogP contribution is -2.46. The van der Waals surface area contributed by atoms with Gasteiger partial charge in [0.25, 0.3) is 0 Å². The summed E-state index contributed by atoms with van der Waals surface area (Å²) in [5.41, 5.74) is 4.87. The normalized spacial score (nSPS) is 29.4. The highest BCUT2D eigenvalue weighted by Crippen LogP contribution is 2.30. The Kier molecular flexibility index (Phi) is 4.35. The number of hydrogen-bond donors (Lipinski definition) is 1. The van der Waals surface area contributed by atoms with Crippen LogP contribution in [0.1, 0.15) is 56.6 Å². The van der Waals surface area contributed by atoms with Gasteiger partial charge in [0.1, 0.15) is 5.60 Å². The van der Waals surface area contributed by atoms with Crippen LogP contribution in [0.2, 0.25) is 0 Å². The molecule has 0 aromatic rings. The monoisotopic (exact) mass is 275 g/mol. The third-order valence-electron chi connectivity index (χ3n) is 2.59. The number of esters is 1. The van der Waals surface area contributed by atoms with Crippen LogP contribution >= 0.6 is 0 Å². The van der Waals surface area contributed by atoms with Gasteiger partial charge in [-0.1, -0.05) is 0 Å². The molecule has 1 rings (SSSR count). The van der Waals surface area contributed by atoms with Crippen molar-refractivity contribution in [3.8, 4) is 0 Å². The van der Waals surface area contributed by atoms with E-state index in [0.717, 1.165) is 0 Å². The van der Waals surface area contributed by atoms with E-state index >= 15 is 0 Å². The fourth-order valence-corrected chi connectivity index (χ4v) is 2.17. The zero-order valence-corrected chi connectivity index (χ0v) is 12.5. The zero-order valence-electron chi connectivity index (χ0n) is 14.5. The molecule has 5 nitrogen and oxygen atoms in total. The summed E-state index contributed by atoms with van der Waals surface area (Å²) in [6.45, 7) is 7.11. The van der Waals surface area contributed by atoms with Crippen molar-refractivity contribution < 1.29 is 21.7 Å². The van der Waals surface area contributed by atoms with E-state index in [2.05, 4.69) is 0 Å². The predicted octanol–water partition coefficient (Wildman–Crippen LogP) is 1.98. The lowest BCUT2D eigenvalue weighted by atomic mass is 10.0. The van der Waals surface area contributed by atoms with Gasteiger partial charge in [-0.2, -0.15) is 0 Å². The number of rotatable bonds is 4. The summed E-state index contributed by atoms with van der Waals surface area (Å²) in [5.74, 6) is -1.21. The van der Waals surface area contributed by atoms with Crippen molar-refractivity contribution in [1.82, 2.24) is 0 Å². The molecule has 0 aromatic heterocycles. The minimum Gasteiger partial charge on any atom is -0.460 e. The smallest absolute Gasteiger partial charge is 0.308 e. The molecule has 1 saturated heterocycles. The zero-order chi connectivity index (χ0) is 16.5. The van der Waals surface area contributed by atoms with Crippen molar-refractivity contribution >= 4 is 5.97 Å². The Hall–Kier alpha value is -0.650. The molecule has 0 bridgehead atoms. The highest BCUT2D eigenvalue weighted by molar-refractivity contribution is 5.70. The standard InChI is InChI=1S/C14H27NO4/c1-13(2,3)19-12(16)9-11-8-10(6-7-15)17-14(4,5)18-11/h10-11H,6-9,15H2,1-5H3/t10?,11-/m1/s1/i7D2. The Morgan fingerprint density at radius 1 is 1.42 bits per heavy atom. The second-order valence-electron chi connectivity index (χ2n) is 6.31. The van der Waals surface area contributed by atoms with Crippen LogP contribution in [-0.4, -0.2) is 36.1 Å². The topological polar surface area (TPSA) is 70.8 Å². The molecule has 1 aliphatic heterocycles. The number of hydrogen-bond acceptors (Lipinski definition) is 5. The number of carbonyl (C=O) groups is 1. The SMILES string of the molecule is [2H]C([2H])(N)CC1C[C@H](CC(=O)OC(C)(C)C)OC(C)(C)O1. The molecule has 2 N–H and O–H groups in total. The lowest BCUT2D eigenvalue weighted by Gasteiger charge is -2.40. The van der Waals surface area contributed by atoms with Crippen molar-refractivity contribution in [3.05, 3.63) is 0 Å². The molecule has 1 unspecified atom stereocenters. The largest absolute Gasteiger partial charge is 0.460 e. The summed E-state index contributed by atoms with van der Waals surface area (Å²) in [6.07, 6.45) is -0.157. The summed E-state index contributed by atoms with van der Waals surface area (Å²) in [5, 5.41) is 0. The molecule has 0 saturated carbocycles. The first-order chi connectivity index (χ1) is 9.26. The summed E-state index contributed by atoms with van der Waals surface area (Å²) in [6, 6.07) is 0. The molecule has 0 amide bonds. The van der Waals surface area contributed by atoms with Crippen LogP contribution in [0.4, 0.5) is 0 Å². The molecule has 1 heterocycles. The highest BCUT2D eigenvalue weighted by atomic mass is 16.7. The Bertz CT molecular complexity index is 372. The Morgan fingerprint density at radius 2 is 2.00 bits per heavy atom. The van der Waals surface area contributed by atoms with E-state index < -0.39 is 17.9 Å². The quantitative estimate of drug-likeness (QED) is 0.794. The van der Waals surface area contributed by atoms with E-state index in [1.807, 2.05) is 20.8 Å². The molecule has 5 heteroatoms. The molecule has 19 heavy (non-hydrogen) atoms. The van der Waals surface area contributed by atoms with Crippen LogP contribution in [0.3, 0.4) is 0 Å².